The summed E-state index contributed by atoms with van der Waals surface area (Å²) >= 11 is 3.64. The summed E-state index contributed by atoms with van der Waals surface area (Å²) in [5, 5.41) is 0.155. The predicted molar refractivity (Wildman–Crippen MR) is 145 cm³/mol. The predicted octanol–water partition coefficient (Wildman–Crippen LogP) is 6.90. The van der Waals surface area contributed by atoms with Gasteiger partial charge in [-0.2, -0.15) is 0 Å². The smallest absolute Gasteiger partial charge is 0.250 e. The number of pyridine rings is 1. The number of aromatic nitrogens is 1. The molecule has 2 aromatic rings. The molecule has 180 valence electrons. The first-order valence-corrected chi connectivity index (χ1v) is 15.6. The van der Waals surface area contributed by atoms with E-state index in [0.717, 1.165) is 29.9 Å². The first-order chi connectivity index (χ1) is 15.4. The molecule has 0 amide bonds. The average molecular weight is 531 g/mol. The van der Waals surface area contributed by atoms with Crippen molar-refractivity contribution in [2.24, 2.45) is 0 Å². The number of hydrogen-bond acceptors (Lipinski definition) is 4. The Kier molecular flexibility index (Phi) is 8.26. The van der Waals surface area contributed by atoms with Crippen LogP contribution in [0.3, 0.4) is 0 Å². The zero-order chi connectivity index (χ0) is 24.4. The van der Waals surface area contributed by atoms with Gasteiger partial charge in [0.15, 0.2) is 0 Å². The third kappa shape index (κ3) is 6.16. The summed E-state index contributed by atoms with van der Waals surface area (Å²) in [4.78, 5) is 9.65. The van der Waals surface area contributed by atoms with Crippen LogP contribution in [0, 0.1) is 0 Å². The summed E-state index contributed by atoms with van der Waals surface area (Å²) in [6.45, 7) is 23.0. The second-order valence-electron chi connectivity index (χ2n) is 10.9. The summed E-state index contributed by atoms with van der Waals surface area (Å²) in [6, 6.07) is 11.9. The van der Waals surface area contributed by atoms with Crippen LogP contribution in [0.25, 0.3) is 0 Å². The summed E-state index contributed by atoms with van der Waals surface area (Å²) in [7, 11) is -1.92. The van der Waals surface area contributed by atoms with Crippen molar-refractivity contribution in [1.29, 1.82) is 0 Å². The lowest BCUT2D eigenvalue weighted by molar-refractivity contribution is 0.0305. The van der Waals surface area contributed by atoms with Crippen molar-refractivity contribution in [2.45, 2.75) is 70.9 Å². The molecule has 33 heavy (non-hydrogen) atoms. The number of piperazine rings is 1. The van der Waals surface area contributed by atoms with Crippen molar-refractivity contribution in [2.75, 3.05) is 19.6 Å². The van der Waals surface area contributed by atoms with E-state index in [2.05, 4.69) is 115 Å². The minimum Gasteiger partial charge on any atom is -0.543 e. The SMILES string of the molecule is C=CCN1C[C@H](C)N([C@@H](c2cncc(Br)c2)c2cccc(O[Si](C)(C)C(C)(C)C)c2)C[C@H]1C. The van der Waals surface area contributed by atoms with E-state index in [1.807, 2.05) is 18.5 Å². The second-order valence-corrected chi connectivity index (χ2v) is 16.6. The maximum absolute atomic E-state index is 6.68. The molecule has 3 atom stereocenters. The van der Waals surface area contributed by atoms with Crippen LogP contribution >= 0.6 is 15.9 Å². The maximum atomic E-state index is 6.68. The molecule has 0 aliphatic carbocycles. The van der Waals surface area contributed by atoms with E-state index in [-0.39, 0.29) is 11.1 Å². The highest BCUT2D eigenvalue weighted by molar-refractivity contribution is 9.10. The highest BCUT2D eigenvalue weighted by Crippen LogP contribution is 2.39. The Bertz CT molecular complexity index is 958. The molecule has 0 N–H and O–H groups in total. The van der Waals surface area contributed by atoms with Gasteiger partial charge in [0.05, 0.1) is 6.04 Å². The van der Waals surface area contributed by atoms with Crippen molar-refractivity contribution in [3.8, 4) is 5.75 Å². The Balaban J connectivity index is 2.01. The lowest BCUT2D eigenvalue weighted by Crippen LogP contribution is -2.57. The van der Waals surface area contributed by atoms with Gasteiger partial charge in [0, 0.05) is 48.6 Å². The van der Waals surface area contributed by atoms with Gasteiger partial charge in [-0.3, -0.25) is 14.8 Å². The Labute approximate surface area is 210 Å². The number of rotatable bonds is 7. The van der Waals surface area contributed by atoms with E-state index in [0.29, 0.717) is 12.1 Å². The molecular formula is C27H40BrN3OSi. The molecular weight excluding hydrogens is 490 g/mol. The highest BCUT2D eigenvalue weighted by Gasteiger charge is 2.39. The standard InChI is InChI=1S/C27H40BrN3OSi/c1-9-13-30-18-21(3)31(19-20(30)2)26(23-14-24(28)17-29-16-23)22-11-10-12-25(15-22)32-33(7,8)27(4,5)6/h9-12,14-17,20-21,26H,1,13,18-19H2,2-8H3/t20-,21+,26-/m1/s1. The van der Waals surface area contributed by atoms with Crippen molar-refractivity contribution in [1.82, 2.24) is 14.8 Å². The third-order valence-corrected chi connectivity index (χ3v) is 12.0. The van der Waals surface area contributed by atoms with Crippen LogP contribution in [0.15, 0.2) is 59.9 Å². The topological polar surface area (TPSA) is 28.6 Å². The highest BCUT2D eigenvalue weighted by atomic mass is 79.9. The number of benzene rings is 1. The van der Waals surface area contributed by atoms with E-state index in [9.17, 15) is 0 Å². The van der Waals surface area contributed by atoms with Crippen LogP contribution in [0.2, 0.25) is 18.1 Å². The molecule has 0 spiro atoms. The van der Waals surface area contributed by atoms with Gasteiger partial charge in [-0.1, -0.05) is 39.0 Å². The van der Waals surface area contributed by atoms with Gasteiger partial charge in [0.2, 0.25) is 8.32 Å². The van der Waals surface area contributed by atoms with Crippen molar-refractivity contribution >= 4 is 24.2 Å². The van der Waals surface area contributed by atoms with Gasteiger partial charge in [-0.25, -0.2) is 0 Å². The summed E-state index contributed by atoms with van der Waals surface area (Å²) in [5.41, 5.74) is 2.45. The lowest BCUT2D eigenvalue weighted by atomic mass is 9.94. The van der Waals surface area contributed by atoms with Crippen molar-refractivity contribution in [3.05, 3.63) is 71.0 Å². The van der Waals surface area contributed by atoms with Gasteiger partial charge >= 0.3 is 0 Å². The van der Waals surface area contributed by atoms with E-state index >= 15 is 0 Å². The minimum atomic E-state index is -1.92. The molecule has 0 radical (unpaired) electrons. The molecule has 1 aromatic carbocycles. The van der Waals surface area contributed by atoms with Crippen LogP contribution < -0.4 is 4.43 Å². The number of nitrogens with zero attached hydrogens (tertiary/aromatic N) is 3. The first kappa shape index (κ1) is 26.1. The maximum Gasteiger partial charge on any atom is 0.250 e. The van der Waals surface area contributed by atoms with Crippen molar-refractivity contribution < 1.29 is 4.43 Å². The van der Waals surface area contributed by atoms with E-state index in [1.54, 1.807) is 0 Å². The normalized spacial score (nSPS) is 21.6. The lowest BCUT2D eigenvalue weighted by Gasteiger charge is -2.47. The molecule has 1 aromatic heterocycles. The van der Waals surface area contributed by atoms with Crippen LogP contribution in [0.4, 0.5) is 0 Å². The molecule has 4 nitrogen and oxygen atoms in total. The number of hydrogen-bond donors (Lipinski definition) is 0. The average Bonchev–Trinajstić information content (AvgIpc) is 2.71. The third-order valence-electron chi connectivity index (χ3n) is 7.25. The second kappa shape index (κ2) is 10.4. The van der Waals surface area contributed by atoms with E-state index in [1.165, 1.54) is 11.1 Å². The van der Waals surface area contributed by atoms with Gasteiger partial charge in [-0.05, 0) is 77.2 Å². The molecule has 1 aliphatic rings. The fourth-order valence-corrected chi connectivity index (χ4v) is 5.76. The fraction of sp³-hybridized carbons (Fsp3) is 0.519. The largest absolute Gasteiger partial charge is 0.543 e. The Hall–Kier alpha value is -1.47. The summed E-state index contributed by atoms with van der Waals surface area (Å²) in [6.07, 6.45) is 5.87. The molecule has 1 aliphatic heterocycles. The Morgan fingerprint density at radius 1 is 1.15 bits per heavy atom. The van der Waals surface area contributed by atoms with E-state index in [4.69, 9.17) is 4.43 Å². The first-order valence-electron chi connectivity index (χ1n) is 11.9. The van der Waals surface area contributed by atoms with Gasteiger partial charge < -0.3 is 4.43 Å². The summed E-state index contributed by atoms with van der Waals surface area (Å²) in [5.74, 6) is 0.970. The van der Waals surface area contributed by atoms with Crippen LogP contribution in [0.5, 0.6) is 5.75 Å². The van der Waals surface area contributed by atoms with Crippen LogP contribution in [0.1, 0.15) is 51.8 Å². The summed E-state index contributed by atoms with van der Waals surface area (Å²) < 4.78 is 7.68. The molecule has 6 heteroatoms. The van der Waals surface area contributed by atoms with Gasteiger partial charge in [0.25, 0.3) is 0 Å². The molecule has 0 unspecified atom stereocenters. The fourth-order valence-electron chi connectivity index (χ4n) is 4.35. The zero-order valence-corrected chi connectivity index (χ0v) is 23.9. The quantitative estimate of drug-likeness (QED) is 0.288. The molecule has 1 saturated heterocycles. The van der Waals surface area contributed by atoms with E-state index < -0.39 is 8.32 Å². The molecule has 3 rings (SSSR count). The molecule has 1 fully saturated rings. The Morgan fingerprint density at radius 3 is 2.52 bits per heavy atom. The van der Waals surface area contributed by atoms with Crippen LogP contribution in [-0.2, 0) is 0 Å². The zero-order valence-electron chi connectivity index (χ0n) is 21.3. The Morgan fingerprint density at radius 2 is 1.88 bits per heavy atom. The van der Waals surface area contributed by atoms with Crippen LogP contribution in [-0.4, -0.2) is 54.8 Å². The molecule has 0 bridgehead atoms. The number of halogens is 1. The van der Waals surface area contributed by atoms with Gasteiger partial charge in [0.1, 0.15) is 5.75 Å². The molecule has 0 saturated carbocycles. The minimum absolute atomic E-state index is 0.112. The monoisotopic (exact) mass is 529 g/mol. The van der Waals surface area contributed by atoms with Gasteiger partial charge in [-0.15, -0.1) is 6.58 Å². The van der Waals surface area contributed by atoms with Crippen molar-refractivity contribution in [3.63, 3.8) is 0 Å². The molecule has 2 heterocycles.